The van der Waals surface area contributed by atoms with Crippen molar-refractivity contribution >= 4 is 11.8 Å². The van der Waals surface area contributed by atoms with Gasteiger partial charge in [0, 0.05) is 12.2 Å². The zero-order chi connectivity index (χ0) is 7.83. The van der Waals surface area contributed by atoms with Crippen LogP contribution in [0.3, 0.4) is 0 Å². The van der Waals surface area contributed by atoms with Gasteiger partial charge in [-0.15, -0.1) is 0 Å². The van der Waals surface area contributed by atoms with E-state index in [-0.39, 0.29) is 6.42 Å². The minimum atomic E-state index is -2.59. The SMILES string of the molecule is CCSCC1(N)CC1(F)F. The number of halogens is 2. The highest BCUT2D eigenvalue weighted by atomic mass is 32.2. The van der Waals surface area contributed by atoms with Gasteiger partial charge in [-0.05, 0) is 5.75 Å². The van der Waals surface area contributed by atoms with Crippen molar-refractivity contribution in [3.8, 4) is 0 Å². The Kier molecular flexibility index (Phi) is 1.94. The molecule has 4 heteroatoms. The van der Waals surface area contributed by atoms with Crippen LogP contribution in [0.15, 0.2) is 0 Å². The second kappa shape index (κ2) is 2.34. The predicted molar refractivity (Wildman–Crippen MR) is 39.5 cm³/mol. The van der Waals surface area contributed by atoms with Crippen LogP contribution in [0, 0.1) is 0 Å². The minimum absolute atomic E-state index is 0.132. The summed E-state index contributed by atoms with van der Waals surface area (Å²) in [6, 6.07) is 0. The molecule has 1 atom stereocenters. The Morgan fingerprint density at radius 1 is 1.60 bits per heavy atom. The maximum absolute atomic E-state index is 12.4. The van der Waals surface area contributed by atoms with E-state index in [0.29, 0.717) is 5.75 Å². The van der Waals surface area contributed by atoms with Gasteiger partial charge in [0.1, 0.15) is 0 Å². The third-order valence-electron chi connectivity index (χ3n) is 1.70. The summed E-state index contributed by atoms with van der Waals surface area (Å²) in [7, 11) is 0. The molecule has 0 aromatic heterocycles. The Morgan fingerprint density at radius 3 is 2.40 bits per heavy atom. The van der Waals surface area contributed by atoms with Crippen LogP contribution in [0.4, 0.5) is 8.78 Å². The van der Waals surface area contributed by atoms with Crippen molar-refractivity contribution in [1.29, 1.82) is 0 Å². The lowest BCUT2D eigenvalue weighted by Crippen LogP contribution is -2.32. The van der Waals surface area contributed by atoms with E-state index in [1.165, 1.54) is 11.8 Å². The molecule has 1 unspecified atom stereocenters. The first-order valence-corrected chi connectivity index (χ1v) is 4.42. The largest absolute Gasteiger partial charge is 0.319 e. The number of thioether (sulfide) groups is 1. The molecule has 0 radical (unpaired) electrons. The molecule has 1 fully saturated rings. The molecule has 2 N–H and O–H groups in total. The van der Waals surface area contributed by atoms with E-state index in [4.69, 9.17) is 5.73 Å². The maximum atomic E-state index is 12.4. The molecular formula is C6H11F2NS. The Labute approximate surface area is 63.4 Å². The van der Waals surface area contributed by atoms with Crippen molar-refractivity contribution in [2.75, 3.05) is 11.5 Å². The monoisotopic (exact) mass is 167 g/mol. The first-order valence-electron chi connectivity index (χ1n) is 3.26. The predicted octanol–water partition coefficient (Wildman–Crippen LogP) is 1.48. The van der Waals surface area contributed by atoms with Crippen molar-refractivity contribution in [2.24, 2.45) is 5.73 Å². The van der Waals surface area contributed by atoms with E-state index in [1.807, 2.05) is 6.92 Å². The van der Waals surface area contributed by atoms with Crippen LogP contribution in [-0.4, -0.2) is 23.0 Å². The smallest absolute Gasteiger partial charge is 0.268 e. The third-order valence-corrected chi connectivity index (χ3v) is 2.83. The molecule has 60 valence electrons. The van der Waals surface area contributed by atoms with E-state index >= 15 is 0 Å². The number of alkyl halides is 2. The van der Waals surface area contributed by atoms with Crippen molar-refractivity contribution in [3.05, 3.63) is 0 Å². The second-order valence-electron chi connectivity index (χ2n) is 2.67. The molecule has 0 aliphatic heterocycles. The summed E-state index contributed by atoms with van der Waals surface area (Å²) in [5, 5.41) is 0. The summed E-state index contributed by atoms with van der Waals surface area (Å²) in [4.78, 5) is 0. The van der Waals surface area contributed by atoms with Crippen LogP contribution in [0.2, 0.25) is 0 Å². The standard InChI is InChI=1S/C6H11F2NS/c1-2-10-4-5(9)3-6(5,7)8/h2-4,9H2,1H3. The van der Waals surface area contributed by atoms with E-state index in [2.05, 4.69) is 0 Å². The number of hydrogen-bond donors (Lipinski definition) is 1. The molecule has 1 nitrogen and oxygen atoms in total. The third kappa shape index (κ3) is 1.27. The lowest BCUT2D eigenvalue weighted by molar-refractivity contribution is 0.0947. The molecule has 1 aliphatic rings. The number of hydrogen-bond acceptors (Lipinski definition) is 2. The second-order valence-corrected chi connectivity index (χ2v) is 3.95. The van der Waals surface area contributed by atoms with Crippen molar-refractivity contribution in [1.82, 2.24) is 0 Å². The van der Waals surface area contributed by atoms with Crippen LogP contribution in [0.1, 0.15) is 13.3 Å². The van der Waals surface area contributed by atoms with Gasteiger partial charge in [0.2, 0.25) is 0 Å². The Bertz CT molecular complexity index is 140. The van der Waals surface area contributed by atoms with Gasteiger partial charge in [0.15, 0.2) is 0 Å². The lowest BCUT2D eigenvalue weighted by Gasteiger charge is -2.07. The molecule has 0 aromatic rings. The van der Waals surface area contributed by atoms with Gasteiger partial charge in [0.05, 0.1) is 5.54 Å². The highest BCUT2D eigenvalue weighted by Crippen LogP contribution is 2.51. The van der Waals surface area contributed by atoms with Crippen molar-refractivity contribution in [3.63, 3.8) is 0 Å². The summed E-state index contributed by atoms with van der Waals surface area (Å²) >= 11 is 1.47. The van der Waals surface area contributed by atoms with Crippen LogP contribution in [0.5, 0.6) is 0 Å². The zero-order valence-electron chi connectivity index (χ0n) is 5.86. The molecular weight excluding hydrogens is 156 g/mol. The Hall–Kier alpha value is 0.170. The van der Waals surface area contributed by atoms with E-state index in [0.717, 1.165) is 5.75 Å². The van der Waals surface area contributed by atoms with Gasteiger partial charge in [-0.25, -0.2) is 8.78 Å². The van der Waals surface area contributed by atoms with Gasteiger partial charge in [-0.3, -0.25) is 0 Å². The summed E-state index contributed by atoms with van der Waals surface area (Å²) in [5.74, 6) is -1.35. The van der Waals surface area contributed by atoms with Crippen LogP contribution in [-0.2, 0) is 0 Å². The highest BCUT2D eigenvalue weighted by molar-refractivity contribution is 7.99. The average Bonchev–Trinajstić information content (AvgIpc) is 2.29. The molecule has 1 aliphatic carbocycles. The minimum Gasteiger partial charge on any atom is -0.319 e. The van der Waals surface area contributed by atoms with E-state index in [1.54, 1.807) is 0 Å². The first kappa shape index (κ1) is 8.27. The first-order chi connectivity index (χ1) is 4.52. The normalized spacial score (nSPS) is 36.0. The van der Waals surface area contributed by atoms with Gasteiger partial charge in [0.25, 0.3) is 5.92 Å². The quantitative estimate of drug-likeness (QED) is 0.689. The summed E-state index contributed by atoms with van der Waals surface area (Å²) in [6.45, 7) is 1.94. The summed E-state index contributed by atoms with van der Waals surface area (Å²) in [5.41, 5.74) is 4.17. The topological polar surface area (TPSA) is 26.0 Å². The number of nitrogens with two attached hydrogens (primary N) is 1. The van der Waals surface area contributed by atoms with Crippen LogP contribution >= 0.6 is 11.8 Å². The van der Waals surface area contributed by atoms with Crippen LogP contribution in [0.25, 0.3) is 0 Å². The van der Waals surface area contributed by atoms with Gasteiger partial charge < -0.3 is 5.73 Å². The molecule has 0 spiro atoms. The molecule has 1 saturated carbocycles. The fourth-order valence-corrected chi connectivity index (χ4v) is 1.67. The molecule has 0 bridgehead atoms. The number of rotatable bonds is 3. The van der Waals surface area contributed by atoms with Gasteiger partial charge in [-0.1, -0.05) is 6.92 Å². The van der Waals surface area contributed by atoms with Gasteiger partial charge in [-0.2, -0.15) is 11.8 Å². The van der Waals surface area contributed by atoms with Gasteiger partial charge >= 0.3 is 0 Å². The molecule has 1 rings (SSSR count). The summed E-state index contributed by atoms with van der Waals surface area (Å²) in [6.07, 6.45) is -0.132. The molecule has 0 amide bonds. The zero-order valence-corrected chi connectivity index (χ0v) is 6.68. The van der Waals surface area contributed by atoms with Crippen molar-refractivity contribution in [2.45, 2.75) is 24.8 Å². The highest BCUT2D eigenvalue weighted by Gasteiger charge is 2.68. The fourth-order valence-electron chi connectivity index (χ4n) is 0.793. The molecule has 0 heterocycles. The molecule has 10 heavy (non-hydrogen) atoms. The van der Waals surface area contributed by atoms with Crippen LogP contribution < -0.4 is 5.73 Å². The average molecular weight is 167 g/mol. The molecule has 0 aromatic carbocycles. The van der Waals surface area contributed by atoms with E-state index in [9.17, 15) is 8.78 Å². The Morgan fingerprint density at radius 2 is 2.10 bits per heavy atom. The van der Waals surface area contributed by atoms with E-state index < -0.39 is 11.5 Å². The molecule has 0 saturated heterocycles. The van der Waals surface area contributed by atoms with Crippen molar-refractivity contribution < 1.29 is 8.78 Å². The lowest BCUT2D eigenvalue weighted by atomic mass is 10.3. The Balaban J connectivity index is 2.30. The fraction of sp³-hybridized carbons (Fsp3) is 1.00. The maximum Gasteiger partial charge on any atom is 0.268 e. The summed E-state index contributed by atoms with van der Waals surface area (Å²) < 4.78 is 24.7.